The average Bonchev–Trinajstić information content (AvgIpc) is 2.81. The molecule has 0 spiro atoms. The first-order valence-corrected chi connectivity index (χ1v) is 6.17. The molecule has 0 saturated carbocycles. The van der Waals surface area contributed by atoms with Crippen molar-refractivity contribution in [1.82, 2.24) is 4.98 Å². The van der Waals surface area contributed by atoms with Crippen LogP contribution < -0.4 is 0 Å². The maximum Gasteiger partial charge on any atom is 0.373 e. The predicted octanol–water partition coefficient (Wildman–Crippen LogP) is 2.77. The van der Waals surface area contributed by atoms with E-state index in [1.807, 2.05) is 20.8 Å². The molecule has 1 N–H and O–H groups in total. The highest BCUT2D eigenvalue weighted by atomic mass is 16.5. The molecule has 1 fully saturated rings. The van der Waals surface area contributed by atoms with Crippen molar-refractivity contribution < 1.29 is 19.1 Å². The van der Waals surface area contributed by atoms with Gasteiger partial charge in [0.15, 0.2) is 0 Å². The highest BCUT2D eigenvalue weighted by Gasteiger charge is 2.35. The van der Waals surface area contributed by atoms with Gasteiger partial charge in [0.05, 0.1) is 5.69 Å². The zero-order valence-electron chi connectivity index (χ0n) is 11.2. The van der Waals surface area contributed by atoms with E-state index in [-0.39, 0.29) is 17.3 Å². The first-order chi connectivity index (χ1) is 8.30. The van der Waals surface area contributed by atoms with Crippen molar-refractivity contribution in [3.63, 3.8) is 0 Å². The number of ether oxygens (including phenoxy) is 1. The van der Waals surface area contributed by atoms with E-state index in [1.54, 1.807) is 0 Å². The van der Waals surface area contributed by atoms with Crippen molar-refractivity contribution in [3.05, 3.63) is 17.3 Å². The lowest BCUT2D eigenvalue weighted by Gasteiger charge is -2.15. The summed E-state index contributed by atoms with van der Waals surface area (Å²) in [7, 11) is 0. The molecule has 1 aliphatic heterocycles. The maximum atomic E-state index is 11.2. The zero-order chi connectivity index (χ0) is 13.5. The van der Waals surface area contributed by atoms with Gasteiger partial charge >= 0.3 is 5.97 Å². The number of carboxylic acid groups (broad SMARTS) is 1. The molecular formula is C13H19NO4. The van der Waals surface area contributed by atoms with Crippen LogP contribution in [0.15, 0.2) is 4.42 Å². The highest BCUT2D eigenvalue weighted by molar-refractivity contribution is 5.86. The molecule has 1 aromatic heterocycles. The minimum Gasteiger partial charge on any atom is -0.475 e. The predicted molar refractivity (Wildman–Crippen MR) is 64.6 cm³/mol. The van der Waals surface area contributed by atoms with Crippen LogP contribution in [0.2, 0.25) is 0 Å². The molecule has 1 aliphatic rings. The van der Waals surface area contributed by atoms with Gasteiger partial charge in [0.1, 0.15) is 6.10 Å². The van der Waals surface area contributed by atoms with Crippen molar-refractivity contribution >= 4 is 5.97 Å². The number of hydrogen-bond donors (Lipinski definition) is 1. The molecule has 0 amide bonds. The summed E-state index contributed by atoms with van der Waals surface area (Å²) in [6.45, 7) is 8.47. The van der Waals surface area contributed by atoms with Crippen molar-refractivity contribution in [2.24, 2.45) is 5.92 Å². The van der Waals surface area contributed by atoms with Gasteiger partial charge in [-0.1, -0.05) is 27.7 Å². The number of aromatic carboxylic acids is 1. The van der Waals surface area contributed by atoms with E-state index in [9.17, 15) is 9.90 Å². The smallest absolute Gasteiger partial charge is 0.373 e. The Labute approximate surface area is 106 Å². The summed E-state index contributed by atoms with van der Waals surface area (Å²) in [4.78, 5) is 15.6. The van der Waals surface area contributed by atoms with Crippen molar-refractivity contribution in [2.45, 2.75) is 45.6 Å². The summed E-state index contributed by atoms with van der Waals surface area (Å²) < 4.78 is 11.0. The number of rotatable bonds is 2. The van der Waals surface area contributed by atoms with Gasteiger partial charge in [0.25, 0.3) is 0 Å². The van der Waals surface area contributed by atoms with Gasteiger partial charge in [-0.2, -0.15) is 0 Å². The van der Waals surface area contributed by atoms with Gasteiger partial charge in [-0.15, -0.1) is 0 Å². The fourth-order valence-corrected chi connectivity index (χ4v) is 2.12. The molecule has 5 nitrogen and oxygen atoms in total. The minimum absolute atomic E-state index is 0.0693. The van der Waals surface area contributed by atoms with Crippen LogP contribution in [0.5, 0.6) is 0 Å². The van der Waals surface area contributed by atoms with E-state index >= 15 is 0 Å². The summed E-state index contributed by atoms with van der Waals surface area (Å²) in [6.07, 6.45) is 0.722. The molecule has 0 radical (unpaired) electrons. The fourth-order valence-electron chi connectivity index (χ4n) is 2.12. The van der Waals surface area contributed by atoms with E-state index in [2.05, 4.69) is 11.9 Å². The number of nitrogens with zero attached hydrogens (tertiary/aromatic N) is 1. The van der Waals surface area contributed by atoms with Crippen LogP contribution in [0.3, 0.4) is 0 Å². The topological polar surface area (TPSA) is 72.6 Å². The minimum atomic E-state index is -1.08. The molecule has 2 heterocycles. The van der Waals surface area contributed by atoms with Crippen LogP contribution in [-0.4, -0.2) is 22.7 Å². The Hall–Kier alpha value is -1.36. The Morgan fingerprint density at radius 3 is 2.50 bits per heavy atom. The Morgan fingerprint density at radius 1 is 1.44 bits per heavy atom. The Kier molecular flexibility index (Phi) is 3.19. The molecule has 18 heavy (non-hydrogen) atoms. The molecule has 2 rings (SSSR count). The second-order valence-corrected chi connectivity index (χ2v) is 5.84. The number of carboxylic acids is 1. The molecule has 0 bridgehead atoms. The van der Waals surface area contributed by atoms with Crippen molar-refractivity contribution in [2.75, 3.05) is 6.61 Å². The SMILES string of the molecule is CC1CCOC1c1nc(C(C)(C)C)c(C(=O)O)o1. The van der Waals surface area contributed by atoms with E-state index in [0.717, 1.165) is 6.42 Å². The van der Waals surface area contributed by atoms with Crippen LogP contribution in [-0.2, 0) is 10.2 Å². The monoisotopic (exact) mass is 253 g/mol. The molecule has 5 heteroatoms. The molecule has 2 atom stereocenters. The Bertz CT molecular complexity index is 458. The molecule has 1 saturated heterocycles. The average molecular weight is 253 g/mol. The lowest BCUT2D eigenvalue weighted by atomic mass is 9.91. The standard InChI is InChI=1S/C13H19NO4/c1-7-5-6-17-8(7)11-14-10(13(2,3)4)9(18-11)12(15)16/h7-8H,5-6H2,1-4H3,(H,15,16). The third-order valence-electron chi connectivity index (χ3n) is 3.18. The number of hydrogen-bond acceptors (Lipinski definition) is 4. The third kappa shape index (κ3) is 2.27. The Balaban J connectivity index is 2.42. The van der Waals surface area contributed by atoms with Crippen LogP contribution in [0.1, 0.15) is 62.4 Å². The second kappa shape index (κ2) is 4.39. The van der Waals surface area contributed by atoms with Crippen LogP contribution in [0.25, 0.3) is 0 Å². The molecular weight excluding hydrogens is 234 g/mol. The summed E-state index contributed by atoms with van der Waals surface area (Å²) in [5.41, 5.74) is 0.116. The summed E-state index contributed by atoms with van der Waals surface area (Å²) in [5.74, 6) is -0.454. The van der Waals surface area contributed by atoms with Gasteiger partial charge < -0.3 is 14.3 Å². The van der Waals surface area contributed by atoms with Crippen LogP contribution >= 0.6 is 0 Å². The summed E-state index contributed by atoms with van der Waals surface area (Å²) >= 11 is 0. The van der Waals surface area contributed by atoms with Gasteiger partial charge in [-0.25, -0.2) is 9.78 Å². The zero-order valence-corrected chi connectivity index (χ0v) is 11.2. The molecule has 2 unspecified atom stereocenters. The maximum absolute atomic E-state index is 11.2. The second-order valence-electron chi connectivity index (χ2n) is 5.84. The third-order valence-corrected chi connectivity index (χ3v) is 3.18. The van der Waals surface area contributed by atoms with E-state index in [0.29, 0.717) is 24.1 Å². The van der Waals surface area contributed by atoms with Crippen molar-refractivity contribution in [3.8, 4) is 0 Å². The van der Waals surface area contributed by atoms with Crippen LogP contribution in [0.4, 0.5) is 0 Å². The van der Waals surface area contributed by atoms with Crippen LogP contribution in [0, 0.1) is 5.92 Å². The molecule has 100 valence electrons. The largest absolute Gasteiger partial charge is 0.475 e. The first kappa shape index (κ1) is 13.1. The van der Waals surface area contributed by atoms with Crippen molar-refractivity contribution in [1.29, 1.82) is 0 Å². The van der Waals surface area contributed by atoms with Gasteiger partial charge in [0.2, 0.25) is 11.7 Å². The molecule has 1 aromatic rings. The molecule has 0 aliphatic carbocycles. The van der Waals surface area contributed by atoms with E-state index < -0.39 is 5.97 Å². The van der Waals surface area contributed by atoms with Gasteiger partial charge in [-0.05, 0) is 12.3 Å². The number of aromatic nitrogens is 1. The summed E-state index contributed by atoms with van der Waals surface area (Å²) in [6, 6.07) is 0. The number of carbonyl (C=O) groups is 1. The summed E-state index contributed by atoms with van der Waals surface area (Å²) in [5, 5.41) is 9.18. The lowest BCUT2D eigenvalue weighted by molar-refractivity contribution is 0.0594. The van der Waals surface area contributed by atoms with E-state index in [4.69, 9.17) is 9.15 Å². The van der Waals surface area contributed by atoms with Gasteiger partial charge in [-0.3, -0.25) is 0 Å². The first-order valence-electron chi connectivity index (χ1n) is 6.17. The highest BCUT2D eigenvalue weighted by Crippen LogP contribution is 2.36. The fraction of sp³-hybridized carbons (Fsp3) is 0.692. The Morgan fingerprint density at radius 2 is 2.11 bits per heavy atom. The van der Waals surface area contributed by atoms with E-state index in [1.165, 1.54) is 0 Å². The lowest BCUT2D eigenvalue weighted by Crippen LogP contribution is -2.16. The quantitative estimate of drug-likeness (QED) is 0.877. The number of oxazole rings is 1. The normalized spacial score (nSPS) is 24.4. The molecule has 0 aromatic carbocycles. The van der Waals surface area contributed by atoms with Gasteiger partial charge in [0, 0.05) is 12.0 Å².